The fourth-order valence-corrected chi connectivity index (χ4v) is 2.88. The Kier molecular flexibility index (Phi) is 2.55. The topological polar surface area (TPSA) is 17.1 Å². The van der Waals surface area contributed by atoms with E-state index in [2.05, 4.69) is 25.1 Å². The number of benzene rings is 2. The van der Waals surface area contributed by atoms with Crippen LogP contribution in [0.15, 0.2) is 42.5 Å². The van der Waals surface area contributed by atoms with Crippen molar-refractivity contribution in [3.63, 3.8) is 0 Å². The van der Waals surface area contributed by atoms with E-state index in [0.29, 0.717) is 5.78 Å². The average molecular weight is 236 g/mol. The van der Waals surface area contributed by atoms with Crippen molar-refractivity contribution in [3.05, 3.63) is 59.2 Å². The summed E-state index contributed by atoms with van der Waals surface area (Å²) in [5.74, 6) is 0.423. The van der Waals surface area contributed by atoms with E-state index in [0.717, 1.165) is 12.0 Å². The molecular formula is C17H16O. The summed E-state index contributed by atoms with van der Waals surface area (Å²) in [6.07, 6.45) is 0.875. The van der Waals surface area contributed by atoms with Crippen LogP contribution in [0, 0.1) is 12.8 Å². The van der Waals surface area contributed by atoms with Gasteiger partial charge in [-0.15, -0.1) is 0 Å². The third-order valence-corrected chi connectivity index (χ3v) is 3.81. The summed E-state index contributed by atoms with van der Waals surface area (Å²) in [6, 6.07) is 14.4. The molecule has 0 radical (unpaired) electrons. The first-order valence-electron chi connectivity index (χ1n) is 6.40. The zero-order chi connectivity index (χ0) is 12.7. The Balaban J connectivity index is 2.26. The first-order chi connectivity index (χ1) is 8.68. The average Bonchev–Trinajstić information content (AvgIpc) is 2.66. The number of aryl methyl sites for hydroxylation is 1. The van der Waals surface area contributed by atoms with Crippen molar-refractivity contribution >= 4 is 5.78 Å². The van der Waals surface area contributed by atoms with Crippen molar-refractivity contribution < 1.29 is 4.79 Å². The minimum Gasteiger partial charge on any atom is -0.294 e. The number of ketones is 1. The maximum Gasteiger partial charge on any atom is 0.166 e. The Morgan fingerprint density at radius 1 is 1.06 bits per heavy atom. The molecule has 0 heterocycles. The van der Waals surface area contributed by atoms with E-state index in [4.69, 9.17) is 0 Å². The molecule has 2 aromatic rings. The molecule has 1 unspecified atom stereocenters. The van der Waals surface area contributed by atoms with Gasteiger partial charge in [0.05, 0.1) is 0 Å². The highest BCUT2D eigenvalue weighted by molar-refractivity contribution is 6.04. The molecule has 0 saturated carbocycles. The lowest BCUT2D eigenvalue weighted by Crippen LogP contribution is -2.02. The normalized spacial score (nSPS) is 17.9. The lowest BCUT2D eigenvalue weighted by Gasteiger charge is -2.11. The molecule has 1 aliphatic carbocycles. The van der Waals surface area contributed by atoms with Gasteiger partial charge in [-0.25, -0.2) is 0 Å². The molecule has 0 fully saturated rings. The summed E-state index contributed by atoms with van der Waals surface area (Å²) >= 11 is 0. The van der Waals surface area contributed by atoms with Gasteiger partial charge in [0, 0.05) is 11.5 Å². The molecule has 0 N–H and O–H groups in total. The Hall–Kier alpha value is -1.89. The number of carbonyl (C=O) groups excluding carboxylic acids is 1. The predicted molar refractivity (Wildman–Crippen MR) is 73.8 cm³/mol. The molecule has 0 aliphatic heterocycles. The first kappa shape index (κ1) is 11.2. The standard InChI is InChI=1S/C17H16O/c1-11-8-9-14-15(10-12(2)17(14)18)16(11)13-6-4-3-5-7-13/h3-9,12H,10H2,1-2H3. The molecular weight excluding hydrogens is 220 g/mol. The van der Waals surface area contributed by atoms with Crippen LogP contribution < -0.4 is 0 Å². The molecule has 18 heavy (non-hydrogen) atoms. The third-order valence-electron chi connectivity index (χ3n) is 3.81. The Labute approximate surface area is 107 Å². The number of fused-ring (bicyclic) bond motifs is 1. The fourth-order valence-electron chi connectivity index (χ4n) is 2.88. The van der Waals surface area contributed by atoms with Crippen LogP contribution in [0.5, 0.6) is 0 Å². The molecule has 0 saturated heterocycles. The van der Waals surface area contributed by atoms with Crippen LogP contribution >= 0.6 is 0 Å². The molecule has 2 aromatic carbocycles. The number of hydrogen-bond donors (Lipinski definition) is 0. The smallest absolute Gasteiger partial charge is 0.166 e. The largest absolute Gasteiger partial charge is 0.294 e. The second kappa shape index (κ2) is 4.09. The monoisotopic (exact) mass is 236 g/mol. The van der Waals surface area contributed by atoms with Gasteiger partial charge in [-0.3, -0.25) is 4.79 Å². The summed E-state index contributed by atoms with van der Waals surface area (Å²) in [5, 5.41) is 0. The number of carbonyl (C=O) groups is 1. The molecule has 0 spiro atoms. The van der Waals surface area contributed by atoms with Gasteiger partial charge in [-0.1, -0.05) is 49.4 Å². The van der Waals surface area contributed by atoms with Crippen LogP contribution in [-0.4, -0.2) is 5.78 Å². The molecule has 1 heteroatoms. The summed E-state index contributed by atoms with van der Waals surface area (Å²) in [4.78, 5) is 12.1. The maximum atomic E-state index is 12.1. The highest BCUT2D eigenvalue weighted by atomic mass is 16.1. The summed E-state index contributed by atoms with van der Waals surface area (Å²) in [5.41, 5.74) is 5.88. The van der Waals surface area contributed by atoms with Gasteiger partial charge in [0.2, 0.25) is 0 Å². The van der Waals surface area contributed by atoms with Crippen molar-refractivity contribution in [3.8, 4) is 11.1 Å². The van der Waals surface area contributed by atoms with Gasteiger partial charge >= 0.3 is 0 Å². The molecule has 1 nitrogen and oxygen atoms in total. The van der Waals surface area contributed by atoms with Crippen molar-refractivity contribution in [2.45, 2.75) is 20.3 Å². The van der Waals surface area contributed by atoms with Gasteiger partial charge in [0.15, 0.2) is 5.78 Å². The molecule has 90 valence electrons. The summed E-state index contributed by atoms with van der Waals surface area (Å²) in [6.45, 7) is 4.14. The van der Waals surface area contributed by atoms with E-state index in [9.17, 15) is 4.79 Å². The Morgan fingerprint density at radius 3 is 2.50 bits per heavy atom. The second-order valence-electron chi connectivity index (χ2n) is 5.12. The van der Waals surface area contributed by atoms with Crippen molar-refractivity contribution in [2.24, 2.45) is 5.92 Å². The third kappa shape index (κ3) is 1.59. The summed E-state index contributed by atoms with van der Waals surface area (Å²) < 4.78 is 0. The lowest BCUT2D eigenvalue weighted by molar-refractivity contribution is 0.0946. The van der Waals surface area contributed by atoms with Crippen LogP contribution in [0.3, 0.4) is 0 Å². The zero-order valence-electron chi connectivity index (χ0n) is 10.7. The Bertz CT molecular complexity index is 611. The molecule has 3 rings (SSSR count). The lowest BCUT2D eigenvalue weighted by atomic mass is 9.92. The van der Waals surface area contributed by atoms with Crippen molar-refractivity contribution in [1.29, 1.82) is 0 Å². The van der Waals surface area contributed by atoms with Gasteiger partial charge in [0.25, 0.3) is 0 Å². The minimum absolute atomic E-state index is 0.129. The molecule has 0 bridgehead atoms. The molecule has 1 aliphatic rings. The van der Waals surface area contributed by atoms with E-state index in [-0.39, 0.29) is 5.92 Å². The minimum atomic E-state index is 0.129. The van der Waals surface area contributed by atoms with Gasteiger partial charge in [0.1, 0.15) is 0 Å². The van der Waals surface area contributed by atoms with E-state index in [1.165, 1.54) is 22.3 Å². The number of hydrogen-bond acceptors (Lipinski definition) is 1. The van der Waals surface area contributed by atoms with Crippen LogP contribution in [0.25, 0.3) is 11.1 Å². The predicted octanol–water partition coefficient (Wildman–Crippen LogP) is 4.04. The fraction of sp³-hybridized carbons (Fsp3) is 0.235. The number of rotatable bonds is 1. The van der Waals surface area contributed by atoms with Crippen molar-refractivity contribution in [1.82, 2.24) is 0 Å². The van der Waals surface area contributed by atoms with Crippen LogP contribution in [0.4, 0.5) is 0 Å². The molecule has 0 amide bonds. The van der Waals surface area contributed by atoms with Gasteiger partial charge in [-0.05, 0) is 35.6 Å². The highest BCUT2D eigenvalue weighted by Gasteiger charge is 2.29. The van der Waals surface area contributed by atoms with Crippen molar-refractivity contribution in [2.75, 3.05) is 0 Å². The van der Waals surface area contributed by atoms with Crippen LogP contribution in [-0.2, 0) is 6.42 Å². The van der Waals surface area contributed by atoms with E-state index in [1.807, 2.05) is 31.2 Å². The van der Waals surface area contributed by atoms with E-state index < -0.39 is 0 Å². The zero-order valence-corrected chi connectivity index (χ0v) is 10.7. The first-order valence-corrected chi connectivity index (χ1v) is 6.40. The maximum absolute atomic E-state index is 12.1. The SMILES string of the molecule is Cc1ccc2c(c1-c1ccccc1)CC(C)C2=O. The second-order valence-corrected chi connectivity index (χ2v) is 5.12. The quantitative estimate of drug-likeness (QED) is 0.730. The van der Waals surface area contributed by atoms with E-state index in [1.54, 1.807) is 0 Å². The van der Waals surface area contributed by atoms with Crippen LogP contribution in [0.1, 0.15) is 28.4 Å². The van der Waals surface area contributed by atoms with Gasteiger partial charge in [-0.2, -0.15) is 0 Å². The summed E-state index contributed by atoms with van der Waals surface area (Å²) in [7, 11) is 0. The number of Topliss-reactive ketones (excluding diaryl/α,β-unsaturated/α-hetero) is 1. The molecule has 1 atom stereocenters. The Morgan fingerprint density at radius 2 is 1.78 bits per heavy atom. The highest BCUT2D eigenvalue weighted by Crippen LogP contribution is 2.36. The van der Waals surface area contributed by atoms with Gasteiger partial charge < -0.3 is 0 Å². The van der Waals surface area contributed by atoms with E-state index >= 15 is 0 Å². The van der Waals surface area contributed by atoms with Crippen LogP contribution in [0.2, 0.25) is 0 Å². The molecule has 0 aromatic heterocycles.